The first-order valence-electron chi connectivity index (χ1n) is 5.41. The van der Waals surface area contributed by atoms with Gasteiger partial charge in [-0.1, -0.05) is 30.3 Å². The van der Waals surface area contributed by atoms with Crippen LogP contribution in [0.15, 0.2) is 30.3 Å². The summed E-state index contributed by atoms with van der Waals surface area (Å²) in [4.78, 5) is 22.7. The third-order valence-electron chi connectivity index (χ3n) is 2.54. The van der Waals surface area contributed by atoms with E-state index in [0.717, 1.165) is 5.56 Å². The molecule has 18 heavy (non-hydrogen) atoms. The Balaban J connectivity index is 0.00000289. The van der Waals surface area contributed by atoms with Crippen LogP contribution in [0.4, 0.5) is 0 Å². The molecule has 0 radical (unpaired) electrons. The molecule has 100 valence electrons. The van der Waals surface area contributed by atoms with Crippen LogP contribution >= 0.6 is 12.4 Å². The molecule has 2 atom stereocenters. The van der Waals surface area contributed by atoms with Crippen molar-refractivity contribution in [1.82, 2.24) is 5.32 Å². The summed E-state index contributed by atoms with van der Waals surface area (Å²) in [6.07, 6.45) is 0. The standard InChI is InChI=1S/C12H17N3O2.ClH/c1-8(11(14)16)15-12(17)10(7-13)9-5-3-2-4-6-9;/h2-6,8,10H,7,13H2,1H3,(H2,14,16)(H,15,17);1H/t8-,10?;/m0./s1. The van der Waals surface area contributed by atoms with E-state index in [1.54, 1.807) is 6.92 Å². The van der Waals surface area contributed by atoms with E-state index in [2.05, 4.69) is 5.32 Å². The summed E-state index contributed by atoms with van der Waals surface area (Å²) in [5.74, 6) is -1.31. The number of primary amides is 1. The summed E-state index contributed by atoms with van der Waals surface area (Å²) in [5.41, 5.74) is 11.5. The molecule has 0 heterocycles. The van der Waals surface area contributed by atoms with Crippen LogP contribution in [0.5, 0.6) is 0 Å². The highest BCUT2D eigenvalue weighted by Gasteiger charge is 2.21. The zero-order valence-electron chi connectivity index (χ0n) is 10.1. The monoisotopic (exact) mass is 271 g/mol. The highest BCUT2D eigenvalue weighted by Crippen LogP contribution is 2.14. The van der Waals surface area contributed by atoms with Crippen LogP contribution in [0.25, 0.3) is 0 Å². The SMILES string of the molecule is C[C@H](NC(=O)C(CN)c1ccccc1)C(N)=O.Cl. The van der Waals surface area contributed by atoms with Crippen LogP contribution in [0, 0.1) is 0 Å². The van der Waals surface area contributed by atoms with Crippen molar-refractivity contribution >= 4 is 24.2 Å². The Hall–Kier alpha value is -1.59. The Morgan fingerprint density at radius 2 is 1.83 bits per heavy atom. The van der Waals surface area contributed by atoms with Crippen LogP contribution in [0.2, 0.25) is 0 Å². The van der Waals surface area contributed by atoms with Crippen LogP contribution in [0.3, 0.4) is 0 Å². The summed E-state index contributed by atoms with van der Waals surface area (Å²) < 4.78 is 0. The third kappa shape index (κ3) is 4.35. The molecule has 1 aromatic rings. The van der Waals surface area contributed by atoms with E-state index in [1.165, 1.54) is 0 Å². The lowest BCUT2D eigenvalue weighted by molar-refractivity contribution is -0.127. The summed E-state index contributed by atoms with van der Waals surface area (Å²) in [6.45, 7) is 1.72. The van der Waals surface area contributed by atoms with Crippen LogP contribution in [-0.4, -0.2) is 24.4 Å². The summed E-state index contributed by atoms with van der Waals surface area (Å²) >= 11 is 0. The lowest BCUT2D eigenvalue weighted by Crippen LogP contribution is -2.45. The topological polar surface area (TPSA) is 98.2 Å². The maximum Gasteiger partial charge on any atom is 0.239 e. The summed E-state index contributed by atoms with van der Waals surface area (Å²) in [7, 11) is 0. The number of hydrogen-bond donors (Lipinski definition) is 3. The molecule has 0 spiro atoms. The number of amides is 2. The maximum atomic E-state index is 11.9. The van der Waals surface area contributed by atoms with Gasteiger partial charge in [0.2, 0.25) is 11.8 Å². The minimum Gasteiger partial charge on any atom is -0.368 e. The van der Waals surface area contributed by atoms with Crippen molar-refractivity contribution in [3.8, 4) is 0 Å². The van der Waals surface area contributed by atoms with E-state index in [-0.39, 0.29) is 24.9 Å². The van der Waals surface area contributed by atoms with Gasteiger partial charge in [-0.2, -0.15) is 0 Å². The van der Waals surface area contributed by atoms with E-state index in [0.29, 0.717) is 0 Å². The number of nitrogens with two attached hydrogens (primary N) is 2. The number of rotatable bonds is 5. The zero-order valence-corrected chi connectivity index (χ0v) is 10.9. The molecule has 1 aromatic carbocycles. The van der Waals surface area contributed by atoms with Crippen molar-refractivity contribution in [2.45, 2.75) is 18.9 Å². The largest absolute Gasteiger partial charge is 0.368 e. The predicted molar refractivity (Wildman–Crippen MR) is 72.3 cm³/mol. The van der Waals surface area contributed by atoms with Crippen molar-refractivity contribution in [2.75, 3.05) is 6.54 Å². The van der Waals surface area contributed by atoms with Gasteiger partial charge in [-0.15, -0.1) is 12.4 Å². The molecule has 2 amide bonds. The lowest BCUT2D eigenvalue weighted by Gasteiger charge is -2.17. The molecular formula is C12H18ClN3O2. The average Bonchev–Trinajstić information content (AvgIpc) is 2.31. The first kappa shape index (κ1) is 16.4. The molecule has 0 aromatic heterocycles. The van der Waals surface area contributed by atoms with Crippen LogP contribution < -0.4 is 16.8 Å². The van der Waals surface area contributed by atoms with Gasteiger partial charge in [-0.3, -0.25) is 9.59 Å². The minimum atomic E-state index is -0.694. The van der Waals surface area contributed by atoms with Crippen molar-refractivity contribution in [3.05, 3.63) is 35.9 Å². The fourth-order valence-corrected chi connectivity index (χ4v) is 1.46. The van der Waals surface area contributed by atoms with Gasteiger partial charge in [0, 0.05) is 6.54 Å². The van der Waals surface area contributed by atoms with Gasteiger partial charge in [-0.25, -0.2) is 0 Å². The molecule has 0 saturated heterocycles. The predicted octanol–water partition coefficient (Wildman–Crippen LogP) is 0.141. The first-order chi connectivity index (χ1) is 8.06. The van der Waals surface area contributed by atoms with E-state index < -0.39 is 17.9 Å². The van der Waals surface area contributed by atoms with Gasteiger partial charge in [0.25, 0.3) is 0 Å². The normalized spacial score (nSPS) is 13.0. The Bertz CT molecular complexity index is 398. The van der Waals surface area contributed by atoms with Crippen molar-refractivity contribution in [2.24, 2.45) is 11.5 Å². The second-order valence-electron chi connectivity index (χ2n) is 3.83. The highest BCUT2D eigenvalue weighted by molar-refractivity contribution is 5.89. The number of nitrogens with one attached hydrogen (secondary N) is 1. The molecule has 5 N–H and O–H groups in total. The van der Waals surface area contributed by atoms with Gasteiger partial charge >= 0.3 is 0 Å². The number of halogens is 1. The van der Waals surface area contributed by atoms with E-state index in [4.69, 9.17) is 11.5 Å². The fraction of sp³-hybridized carbons (Fsp3) is 0.333. The van der Waals surface area contributed by atoms with Crippen LogP contribution in [-0.2, 0) is 9.59 Å². The second-order valence-corrected chi connectivity index (χ2v) is 3.83. The van der Waals surface area contributed by atoms with E-state index in [1.807, 2.05) is 30.3 Å². The quantitative estimate of drug-likeness (QED) is 0.710. The molecular weight excluding hydrogens is 254 g/mol. The zero-order chi connectivity index (χ0) is 12.8. The second kappa shape index (κ2) is 7.68. The number of hydrogen-bond acceptors (Lipinski definition) is 3. The van der Waals surface area contributed by atoms with Gasteiger partial charge < -0.3 is 16.8 Å². The van der Waals surface area contributed by atoms with Crippen molar-refractivity contribution in [3.63, 3.8) is 0 Å². The molecule has 0 saturated carbocycles. The molecule has 0 aliphatic carbocycles. The molecule has 6 heteroatoms. The summed E-state index contributed by atoms with van der Waals surface area (Å²) in [6, 6.07) is 8.49. The van der Waals surface area contributed by atoms with E-state index in [9.17, 15) is 9.59 Å². The van der Waals surface area contributed by atoms with Crippen LogP contribution in [0.1, 0.15) is 18.4 Å². The van der Waals surface area contributed by atoms with Crippen molar-refractivity contribution in [1.29, 1.82) is 0 Å². The van der Waals surface area contributed by atoms with Gasteiger partial charge in [-0.05, 0) is 12.5 Å². The molecule has 0 bridgehead atoms. The van der Waals surface area contributed by atoms with Gasteiger partial charge in [0.05, 0.1) is 5.92 Å². The Labute approximate surface area is 112 Å². The van der Waals surface area contributed by atoms with E-state index >= 15 is 0 Å². The fourth-order valence-electron chi connectivity index (χ4n) is 1.46. The minimum absolute atomic E-state index is 0. The molecule has 5 nitrogen and oxygen atoms in total. The first-order valence-corrected chi connectivity index (χ1v) is 5.41. The highest BCUT2D eigenvalue weighted by atomic mass is 35.5. The summed E-state index contributed by atoms with van der Waals surface area (Å²) in [5, 5.41) is 2.54. The smallest absolute Gasteiger partial charge is 0.239 e. The van der Waals surface area contributed by atoms with Crippen molar-refractivity contribution < 1.29 is 9.59 Å². The number of carbonyl (C=O) groups excluding carboxylic acids is 2. The molecule has 1 unspecified atom stereocenters. The molecule has 0 fully saturated rings. The Kier molecular flexibility index (Phi) is 7.00. The maximum absolute atomic E-state index is 11.9. The Morgan fingerprint density at radius 1 is 1.28 bits per heavy atom. The molecule has 0 aliphatic heterocycles. The van der Waals surface area contributed by atoms with Gasteiger partial charge in [0.1, 0.15) is 6.04 Å². The lowest BCUT2D eigenvalue weighted by atomic mass is 9.98. The molecule has 1 rings (SSSR count). The Morgan fingerprint density at radius 3 is 2.28 bits per heavy atom. The third-order valence-corrected chi connectivity index (χ3v) is 2.54. The molecule has 0 aliphatic rings. The number of benzene rings is 1. The number of carbonyl (C=O) groups is 2. The average molecular weight is 272 g/mol. The van der Waals surface area contributed by atoms with Gasteiger partial charge in [0.15, 0.2) is 0 Å².